The van der Waals surface area contributed by atoms with Crippen LogP contribution < -0.4 is 11.1 Å². The fourth-order valence-electron chi connectivity index (χ4n) is 4.25. The highest BCUT2D eigenvalue weighted by atomic mass is 35.5. The lowest BCUT2D eigenvalue weighted by atomic mass is 9.90. The maximum absolute atomic E-state index is 13.3. The van der Waals surface area contributed by atoms with Crippen LogP contribution in [0.15, 0.2) is 24.3 Å². The molecule has 1 aliphatic carbocycles. The van der Waals surface area contributed by atoms with Crippen molar-refractivity contribution in [2.24, 2.45) is 11.7 Å². The fourth-order valence-corrected chi connectivity index (χ4v) is 4.38. The van der Waals surface area contributed by atoms with Crippen LogP contribution in [-0.2, 0) is 11.2 Å². The Kier molecular flexibility index (Phi) is 6.96. The van der Waals surface area contributed by atoms with E-state index in [1.807, 2.05) is 24.3 Å². The van der Waals surface area contributed by atoms with Gasteiger partial charge in [-0.25, -0.2) is 0 Å². The van der Waals surface area contributed by atoms with Crippen molar-refractivity contribution in [1.82, 2.24) is 10.2 Å². The molecule has 3 rings (SSSR count). The smallest absolute Gasteiger partial charge is 0.240 e. The number of amides is 1. The van der Waals surface area contributed by atoms with E-state index in [2.05, 4.69) is 17.1 Å². The van der Waals surface area contributed by atoms with Gasteiger partial charge in [0.05, 0.1) is 6.04 Å². The SMILES string of the molecule is CC1CCCN(C(=O)[C@@H](Cc2ccc(Cl)cc2)NC2CCC(N)CC2)C1. The Morgan fingerprint density at radius 1 is 1.23 bits per heavy atom. The van der Waals surface area contributed by atoms with Crippen molar-refractivity contribution in [3.8, 4) is 0 Å². The standard InChI is InChI=1S/C21H32ClN3O/c1-15-3-2-12-25(14-15)21(26)20(13-16-4-6-17(22)7-5-16)24-19-10-8-18(23)9-11-19/h4-7,15,18-20,24H,2-3,8-14,23H2,1H3/t15?,18?,19?,20-/m1/s1. The van der Waals surface area contributed by atoms with Crippen LogP contribution in [0.1, 0.15) is 51.0 Å². The van der Waals surface area contributed by atoms with Gasteiger partial charge < -0.3 is 16.0 Å². The number of carbonyl (C=O) groups excluding carboxylic acids is 1. The molecule has 1 aliphatic heterocycles. The number of hydrogen-bond donors (Lipinski definition) is 2. The zero-order chi connectivity index (χ0) is 18.5. The van der Waals surface area contributed by atoms with Crippen molar-refractivity contribution >= 4 is 17.5 Å². The predicted octanol–water partition coefficient (Wildman–Crippen LogP) is 3.37. The van der Waals surface area contributed by atoms with Crippen molar-refractivity contribution in [3.63, 3.8) is 0 Å². The van der Waals surface area contributed by atoms with Crippen molar-refractivity contribution in [2.45, 2.75) is 70.0 Å². The second-order valence-electron chi connectivity index (χ2n) is 8.19. The Morgan fingerprint density at radius 3 is 2.58 bits per heavy atom. The molecule has 1 unspecified atom stereocenters. The summed E-state index contributed by atoms with van der Waals surface area (Å²) < 4.78 is 0. The van der Waals surface area contributed by atoms with Crippen LogP contribution in [0.2, 0.25) is 5.02 Å². The first kappa shape index (κ1) is 19.7. The van der Waals surface area contributed by atoms with Crippen LogP contribution in [0, 0.1) is 5.92 Å². The van der Waals surface area contributed by atoms with Crippen molar-refractivity contribution in [1.29, 1.82) is 0 Å². The van der Waals surface area contributed by atoms with Crippen LogP contribution in [-0.4, -0.2) is 42.0 Å². The summed E-state index contributed by atoms with van der Waals surface area (Å²) in [6, 6.07) is 8.41. The number of halogens is 1. The monoisotopic (exact) mass is 377 g/mol. The highest BCUT2D eigenvalue weighted by molar-refractivity contribution is 6.30. The summed E-state index contributed by atoms with van der Waals surface area (Å²) >= 11 is 6.02. The lowest BCUT2D eigenvalue weighted by Gasteiger charge is -2.36. The van der Waals surface area contributed by atoms with Gasteiger partial charge in [-0.3, -0.25) is 4.79 Å². The quantitative estimate of drug-likeness (QED) is 0.827. The molecule has 0 spiro atoms. The number of rotatable bonds is 5. The van der Waals surface area contributed by atoms with Crippen molar-refractivity contribution in [2.75, 3.05) is 13.1 Å². The van der Waals surface area contributed by atoms with E-state index in [9.17, 15) is 4.79 Å². The van der Waals surface area contributed by atoms with E-state index < -0.39 is 0 Å². The maximum atomic E-state index is 13.3. The molecule has 1 aromatic rings. The van der Waals surface area contributed by atoms with Gasteiger partial charge in [-0.15, -0.1) is 0 Å². The molecular weight excluding hydrogens is 346 g/mol. The van der Waals surface area contributed by atoms with E-state index >= 15 is 0 Å². The zero-order valence-electron chi connectivity index (χ0n) is 15.8. The van der Waals surface area contributed by atoms with Gasteiger partial charge in [0.2, 0.25) is 5.91 Å². The molecule has 0 radical (unpaired) electrons. The highest BCUT2D eigenvalue weighted by Crippen LogP contribution is 2.21. The van der Waals surface area contributed by atoms with E-state index in [-0.39, 0.29) is 11.9 Å². The van der Waals surface area contributed by atoms with Gasteiger partial charge in [-0.1, -0.05) is 30.7 Å². The molecule has 2 aliphatic rings. The second kappa shape index (κ2) is 9.20. The summed E-state index contributed by atoms with van der Waals surface area (Å²) in [5, 5.41) is 4.40. The van der Waals surface area contributed by atoms with Gasteiger partial charge >= 0.3 is 0 Å². The van der Waals surface area contributed by atoms with Crippen LogP contribution in [0.3, 0.4) is 0 Å². The van der Waals surface area contributed by atoms with Crippen LogP contribution in [0.5, 0.6) is 0 Å². The summed E-state index contributed by atoms with van der Waals surface area (Å²) in [6.07, 6.45) is 7.24. The minimum absolute atomic E-state index is 0.166. The first-order valence-corrected chi connectivity index (χ1v) is 10.4. The van der Waals surface area contributed by atoms with E-state index in [1.165, 1.54) is 6.42 Å². The third kappa shape index (κ3) is 5.45. The number of nitrogens with one attached hydrogen (secondary N) is 1. The Labute approximate surface area is 162 Å². The molecule has 1 aromatic carbocycles. The number of benzene rings is 1. The van der Waals surface area contributed by atoms with Crippen LogP contribution in [0.4, 0.5) is 0 Å². The molecule has 3 N–H and O–H groups in total. The molecule has 5 heteroatoms. The summed E-state index contributed by atoms with van der Waals surface area (Å²) in [7, 11) is 0. The molecule has 0 aromatic heterocycles. The van der Waals surface area contributed by atoms with Gasteiger partial charge in [0, 0.05) is 30.2 Å². The molecule has 1 saturated heterocycles. The number of likely N-dealkylation sites (tertiary alicyclic amines) is 1. The summed E-state index contributed by atoms with van der Waals surface area (Å²) in [4.78, 5) is 15.3. The van der Waals surface area contributed by atoms with Gasteiger partial charge in [0.1, 0.15) is 0 Å². The second-order valence-corrected chi connectivity index (χ2v) is 8.63. The minimum atomic E-state index is -0.166. The average molecular weight is 378 g/mol. The third-order valence-corrected chi connectivity index (χ3v) is 6.08. The number of carbonyl (C=O) groups is 1. The minimum Gasteiger partial charge on any atom is -0.341 e. The Bertz CT molecular complexity index is 583. The highest BCUT2D eigenvalue weighted by Gasteiger charge is 2.30. The lowest BCUT2D eigenvalue weighted by molar-refractivity contribution is -0.135. The van der Waals surface area contributed by atoms with E-state index in [4.69, 9.17) is 17.3 Å². The molecule has 1 heterocycles. The van der Waals surface area contributed by atoms with Gasteiger partial charge in [-0.2, -0.15) is 0 Å². The molecule has 1 saturated carbocycles. The Balaban J connectivity index is 1.69. The topological polar surface area (TPSA) is 58.4 Å². The number of nitrogens with two attached hydrogens (primary N) is 1. The zero-order valence-corrected chi connectivity index (χ0v) is 16.5. The van der Waals surface area contributed by atoms with Gasteiger partial charge in [0.15, 0.2) is 0 Å². The number of nitrogens with zero attached hydrogens (tertiary/aromatic N) is 1. The van der Waals surface area contributed by atoms with Crippen LogP contribution in [0.25, 0.3) is 0 Å². The summed E-state index contributed by atoms with van der Waals surface area (Å²) in [5.74, 6) is 0.845. The molecule has 4 nitrogen and oxygen atoms in total. The molecular formula is C21H32ClN3O. The van der Waals surface area contributed by atoms with Crippen molar-refractivity contribution < 1.29 is 4.79 Å². The molecule has 26 heavy (non-hydrogen) atoms. The van der Waals surface area contributed by atoms with Gasteiger partial charge in [0.25, 0.3) is 0 Å². The Morgan fingerprint density at radius 2 is 1.92 bits per heavy atom. The molecule has 0 bridgehead atoms. The normalized spacial score (nSPS) is 28.0. The molecule has 2 atom stereocenters. The predicted molar refractivity (Wildman–Crippen MR) is 107 cm³/mol. The lowest BCUT2D eigenvalue weighted by Crippen LogP contribution is -2.54. The van der Waals surface area contributed by atoms with E-state index in [0.717, 1.165) is 55.8 Å². The third-order valence-electron chi connectivity index (χ3n) is 5.83. The number of hydrogen-bond acceptors (Lipinski definition) is 3. The first-order chi connectivity index (χ1) is 12.5. The molecule has 1 amide bonds. The summed E-state index contributed by atoms with van der Waals surface area (Å²) in [5.41, 5.74) is 7.19. The fraction of sp³-hybridized carbons (Fsp3) is 0.667. The van der Waals surface area contributed by atoms with E-state index in [0.29, 0.717) is 24.4 Å². The first-order valence-electron chi connectivity index (χ1n) is 10.1. The largest absolute Gasteiger partial charge is 0.341 e. The van der Waals surface area contributed by atoms with E-state index in [1.54, 1.807) is 0 Å². The average Bonchev–Trinajstić information content (AvgIpc) is 2.64. The number of piperidine rings is 1. The van der Waals surface area contributed by atoms with Crippen molar-refractivity contribution in [3.05, 3.63) is 34.9 Å². The molecule has 2 fully saturated rings. The summed E-state index contributed by atoms with van der Waals surface area (Å²) in [6.45, 7) is 4.01. The van der Waals surface area contributed by atoms with Crippen LogP contribution >= 0.6 is 11.6 Å². The maximum Gasteiger partial charge on any atom is 0.240 e. The van der Waals surface area contributed by atoms with Gasteiger partial charge in [-0.05, 0) is 68.6 Å². The Hall–Kier alpha value is -1.10. The molecule has 144 valence electrons.